The molecule has 2 aliphatic heterocycles. The van der Waals surface area contributed by atoms with Crippen molar-refractivity contribution >= 4 is 5.91 Å². The van der Waals surface area contributed by atoms with Gasteiger partial charge in [0.2, 0.25) is 0 Å². The first-order chi connectivity index (χ1) is 14.3. The third kappa shape index (κ3) is 4.31. The van der Waals surface area contributed by atoms with E-state index in [-0.39, 0.29) is 11.8 Å². The first kappa shape index (κ1) is 20.7. The SMILES string of the molecule is O=C(c1nnn(-c2ccc(F)cc2)c1C(F)(F)F)N1CCN(CC2CCCO2)CC1. The number of benzene rings is 1. The van der Waals surface area contributed by atoms with E-state index in [0.29, 0.717) is 30.9 Å². The lowest BCUT2D eigenvalue weighted by atomic mass is 10.2. The van der Waals surface area contributed by atoms with E-state index in [9.17, 15) is 22.4 Å². The molecular weight excluding hydrogens is 406 g/mol. The van der Waals surface area contributed by atoms with Crippen molar-refractivity contribution in [3.8, 4) is 5.69 Å². The largest absolute Gasteiger partial charge is 0.435 e. The van der Waals surface area contributed by atoms with E-state index in [1.54, 1.807) is 0 Å². The Hall–Kier alpha value is -2.53. The van der Waals surface area contributed by atoms with Crippen molar-refractivity contribution in [2.75, 3.05) is 39.3 Å². The molecule has 1 aromatic heterocycles. The summed E-state index contributed by atoms with van der Waals surface area (Å²) in [6.45, 7) is 3.22. The maximum absolute atomic E-state index is 13.8. The molecule has 1 amide bonds. The summed E-state index contributed by atoms with van der Waals surface area (Å²) in [5, 5.41) is 7.06. The Morgan fingerprint density at radius 1 is 1.13 bits per heavy atom. The number of amides is 1. The Labute approximate surface area is 170 Å². The summed E-state index contributed by atoms with van der Waals surface area (Å²) in [5.74, 6) is -1.41. The predicted molar refractivity (Wildman–Crippen MR) is 97.6 cm³/mol. The van der Waals surface area contributed by atoms with Gasteiger partial charge in [-0.15, -0.1) is 5.10 Å². The van der Waals surface area contributed by atoms with E-state index in [4.69, 9.17) is 4.74 Å². The smallest absolute Gasteiger partial charge is 0.377 e. The average molecular weight is 427 g/mol. The van der Waals surface area contributed by atoms with Crippen LogP contribution in [0.3, 0.4) is 0 Å². The van der Waals surface area contributed by atoms with Crippen LogP contribution in [0.2, 0.25) is 0 Å². The van der Waals surface area contributed by atoms with Gasteiger partial charge >= 0.3 is 6.18 Å². The van der Waals surface area contributed by atoms with Crippen LogP contribution in [-0.4, -0.2) is 76.1 Å². The molecule has 3 heterocycles. The van der Waals surface area contributed by atoms with Gasteiger partial charge in [0.1, 0.15) is 5.82 Å². The number of hydrogen-bond acceptors (Lipinski definition) is 5. The Balaban J connectivity index is 1.51. The molecule has 0 spiro atoms. The summed E-state index contributed by atoms with van der Waals surface area (Å²) in [4.78, 5) is 16.3. The van der Waals surface area contributed by atoms with Gasteiger partial charge in [-0.1, -0.05) is 5.21 Å². The molecule has 0 saturated carbocycles. The van der Waals surface area contributed by atoms with Crippen LogP contribution >= 0.6 is 0 Å². The normalized spacial score (nSPS) is 20.7. The minimum Gasteiger partial charge on any atom is -0.377 e. The standard InChI is InChI=1S/C19H21F4N5O2/c20-13-3-5-14(6-4-13)28-17(19(21,22)23)16(24-25-28)18(29)27-9-7-26(8-10-27)12-15-2-1-11-30-15/h3-6,15H,1-2,7-12H2. The molecule has 0 N–H and O–H groups in total. The highest BCUT2D eigenvalue weighted by Gasteiger charge is 2.43. The Morgan fingerprint density at radius 2 is 1.83 bits per heavy atom. The van der Waals surface area contributed by atoms with Gasteiger partial charge in [-0.05, 0) is 37.1 Å². The molecule has 2 aromatic rings. The molecule has 2 saturated heterocycles. The zero-order valence-electron chi connectivity index (χ0n) is 16.1. The second kappa shape index (κ2) is 8.31. The predicted octanol–water partition coefficient (Wildman–Crippen LogP) is 2.36. The third-order valence-corrected chi connectivity index (χ3v) is 5.36. The number of carbonyl (C=O) groups excluding carboxylic acids is 1. The third-order valence-electron chi connectivity index (χ3n) is 5.36. The van der Waals surface area contributed by atoms with E-state index < -0.39 is 29.3 Å². The van der Waals surface area contributed by atoms with Crippen molar-refractivity contribution in [3.05, 3.63) is 41.5 Å². The Bertz CT molecular complexity index is 885. The van der Waals surface area contributed by atoms with Crippen molar-refractivity contribution in [2.45, 2.75) is 25.1 Å². The van der Waals surface area contributed by atoms with Crippen molar-refractivity contribution in [1.82, 2.24) is 24.8 Å². The lowest BCUT2D eigenvalue weighted by Gasteiger charge is -2.35. The molecule has 1 aromatic carbocycles. The maximum Gasteiger partial charge on any atom is 0.435 e. The van der Waals surface area contributed by atoms with Crippen molar-refractivity contribution in [2.24, 2.45) is 0 Å². The van der Waals surface area contributed by atoms with Crippen LogP contribution in [-0.2, 0) is 10.9 Å². The molecule has 11 heteroatoms. The molecule has 0 aliphatic carbocycles. The van der Waals surface area contributed by atoms with E-state index >= 15 is 0 Å². The number of rotatable bonds is 4. The van der Waals surface area contributed by atoms with Gasteiger partial charge in [-0.2, -0.15) is 13.2 Å². The van der Waals surface area contributed by atoms with Crippen molar-refractivity contribution in [3.63, 3.8) is 0 Å². The number of aromatic nitrogens is 3. The van der Waals surface area contributed by atoms with E-state index in [0.717, 1.165) is 50.3 Å². The summed E-state index contributed by atoms with van der Waals surface area (Å²) in [6, 6.07) is 4.34. The molecule has 1 unspecified atom stereocenters. The second-order valence-corrected chi connectivity index (χ2v) is 7.40. The molecular formula is C19H21F4N5O2. The van der Waals surface area contributed by atoms with Crippen LogP contribution in [0.4, 0.5) is 17.6 Å². The maximum atomic E-state index is 13.8. The molecule has 30 heavy (non-hydrogen) atoms. The number of hydrogen-bond donors (Lipinski definition) is 0. The number of alkyl halides is 3. The number of carbonyl (C=O) groups is 1. The van der Waals surface area contributed by atoms with Crippen molar-refractivity contribution in [1.29, 1.82) is 0 Å². The number of piperazine rings is 1. The van der Waals surface area contributed by atoms with E-state index in [1.165, 1.54) is 4.90 Å². The van der Waals surface area contributed by atoms with Gasteiger partial charge < -0.3 is 9.64 Å². The van der Waals surface area contributed by atoms with Crippen LogP contribution in [0.25, 0.3) is 5.69 Å². The van der Waals surface area contributed by atoms with E-state index in [1.807, 2.05) is 0 Å². The minimum atomic E-state index is -4.86. The summed E-state index contributed by atoms with van der Waals surface area (Å²) < 4.78 is 60.5. The van der Waals surface area contributed by atoms with Crippen LogP contribution in [0.1, 0.15) is 29.0 Å². The van der Waals surface area contributed by atoms with Gasteiger partial charge in [0, 0.05) is 39.3 Å². The van der Waals surface area contributed by atoms with Gasteiger partial charge in [0.15, 0.2) is 11.4 Å². The molecule has 2 aliphatic rings. The van der Waals surface area contributed by atoms with Crippen LogP contribution < -0.4 is 0 Å². The zero-order valence-corrected chi connectivity index (χ0v) is 16.1. The number of halogens is 4. The molecule has 0 bridgehead atoms. The second-order valence-electron chi connectivity index (χ2n) is 7.40. The summed E-state index contributed by atoms with van der Waals surface area (Å²) in [7, 11) is 0. The summed E-state index contributed by atoms with van der Waals surface area (Å²) >= 11 is 0. The first-order valence-electron chi connectivity index (χ1n) is 9.75. The van der Waals surface area contributed by atoms with Gasteiger partial charge in [-0.3, -0.25) is 9.69 Å². The highest BCUT2D eigenvalue weighted by Crippen LogP contribution is 2.33. The van der Waals surface area contributed by atoms with Crippen LogP contribution in [0, 0.1) is 5.82 Å². The Morgan fingerprint density at radius 3 is 2.43 bits per heavy atom. The molecule has 162 valence electrons. The molecule has 1 atom stereocenters. The fraction of sp³-hybridized carbons (Fsp3) is 0.526. The van der Waals surface area contributed by atoms with E-state index in [2.05, 4.69) is 15.2 Å². The monoisotopic (exact) mass is 427 g/mol. The highest BCUT2D eigenvalue weighted by atomic mass is 19.4. The lowest BCUT2D eigenvalue weighted by molar-refractivity contribution is -0.143. The lowest BCUT2D eigenvalue weighted by Crippen LogP contribution is -2.50. The summed E-state index contributed by atoms with van der Waals surface area (Å²) in [5.41, 5.74) is -2.04. The summed E-state index contributed by atoms with van der Waals surface area (Å²) in [6.07, 6.45) is -2.64. The quantitative estimate of drug-likeness (QED) is 0.702. The fourth-order valence-corrected chi connectivity index (χ4v) is 3.80. The Kier molecular flexibility index (Phi) is 5.74. The number of ether oxygens (including phenoxy) is 1. The minimum absolute atomic E-state index is 0.0309. The molecule has 4 rings (SSSR count). The average Bonchev–Trinajstić information content (AvgIpc) is 3.38. The van der Waals surface area contributed by atoms with Crippen molar-refractivity contribution < 1.29 is 27.1 Å². The highest BCUT2D eigenvalue weighted by molar-refractivity contribution is 5.93. The molecule has 7 nitrogen and oxygen atoms in total. The first-order valence-corrected chi connectivity index (χ1v) is 9.75. The fourth-order valence-electron chi connectivity index (χ4n) is 3.80. The number of nitrogens with zero attached hydrogens (tertiary/aromatic N) is 5. The topological polar surface area (TPSA) is 63.5 Å². The van der Waals surface area contributed by atoms with Crippen LogP contribution in [0.15, 0.2) is 24.3 Å². The molecule has 0 radical (unpaired) electrons. The molecule has 2 fully saturated rings. The van der Waals surface area contributed by atoms with Gasteiger partial charge in [-0.25, -0.2) is 9.07 Å². The zero-order chi connectivity index (χ0) is 21.3. The van der Waals surface area contributed by atoms with Gasteiger partial charge in [0.25, 0.3) is 5.91 Å². The van der Waals surface area contributed by atoms with Gasteiger partial charge in [0.05, 0.1) is 11.8 Å². The van der Waals surface area contributed by atoms with Crippen LogP contribution in [0.5, 0.6) is 0 Å².